The monoisotopic (exact) mass is 271 g/mol. The number of alkyl carbamates (subject to hydrolysis) is 1. The summed E-state index contributed by atoms with van der Waals surface area (Å²) in [6.07, 6.45) is 2.69. The molecule has 2 amide bonds. The second-order valence-corrected chi connectivity index (χ2v) is 4.99. The topological polar surface area (TPSA) is 70.7 Å². The maximum atomic E-state index is 11.7. The standard InChI is InChI=1S/C13H25N3O3/c1-3-7-16(9-11-5-4-6-14-8-11)10-12(17)15-13(18)19-2/h11,14H,3-10H2,1-2H3,(H,15,17,18). The van der Waals surface area contributed by atoms with Crippen LogP contribution >= 0.6 is 0 Å². The van der Waals surface area contributed by atoms with Crippen LogP contribution < -0.4 is 10.6 Å². The number of nitrogens with zero attached hydrogens (tertiary/aromatic N) is 1. The number of imide groups is 1. The van der Waals surface area contributed by atoms with E-state index >= 15 is 0 Å². The number of carbonyl (C=O) groups is 2. The Morgan fingerprint density at radius 1 is 1.47 bits per heavy atom. The summed E-state index contributed by atoms with van der Waals surface area (Å²) in [5.41, 5.74) is 0. The third kappa shape index (κ3) is 6.54. The lowest BCUT2D eigenvalue weighted by atomic mass is 9.99. The number of nitrogens with one attached hydrogen (secondary N) is 2. The Labute approximate surface area is 114 Å². The SMILES string of the molecule is CCCN(CC(=O)NC(=O)OC)CC1CCCNC1. The van der Waals surface area contributed by atoms with E-state index in [0.29, 0.717) is 5.92 Å². The Kier molecular flexibility index (Phi) is 7.43. The van der Waals surface area contributed by atoms with Crippen LogP contribution in [0.2, 0.25) is 0 Å². The summed E-state index contributed by atoms with van der Waals surface area (Å²) in [4.78, 5) is 24.7. The van der Waals surface area contributed by atoms with Gasteiger partial charge in [0.2, 0.25) is 5.91 Å². The fraction of sp³-hybridized carbons (Fsp3) is 0.846. The first-order chi connectivity index (χ1) is 9.15. The molecular formula is C13H25N3O3. The fourth-order valence-corrected chi connectivity index (χ4v) is 2.40. The van der Waals surface area contributed by atoms with Gasteiger partial charge in [-0.1, -0.05) is 6.92 Å². The number of amides is 2. The molecule has 0 aromatic heterocycles. The first kappa shape index (κ1) is 15.9. The molecule has 6 nitrogen and oxygen atoms in total. The first-order valence-electron chi connectivity index (χ1n) is 6.96. The van der Waals surface area contributed by atoms with E-state index in [2.05, 4.69) is 27.2 Å². The number of hydrogen-bond donors (Lipinski definition) is 2. The van der Waals surface area contributed by atoms with E-state index in [1.54, 1.807) is 0 Å². The number of rotatable bonds is 6. The second kappa shape index (κ2) is 8.87. The molecular weight excluding hydrogens is 246 g/mol. The highest BCUT2D eigenvalue weighted by molar-refractivity contribution is 5.92. The minimum absolute atomic E-state index is 0.249. The van der Waals surface area contributed by atoms with Gasteiger partial charge < -0.3 is 10.1 Å². The van der Waals surface area contributed by atoms with Crippen LogP contribution in [0.15, 0.2) is 0 Å². The van der Waals surface area contributed by atoms with Crippen molar-refractivity contribution in [2.45, 2.75) is 26.2 Å². The van der Waals surface area contributed by atoms with E-state index in [1.807, 2.05) is 0 Å². The van der Waals surface area contributed by atoms with Gasteiger partial charge in [-0.25, -0.2) is 4.79 Å². The highest BCUT2D eigenvalue weighted by Crippen LogP contribution is 2.11. The quantitative estimate of drug-likeness (QED) is 0.739. The van der Waals surface area contributed by atoms with Crippen LogP contribution in [-0.2, 0) is 9.53 Å². The molecule has 110 valence electrons. The Balaban J connectivity index is 2.37. The third-order valence-electron chi connectivity index (χ3n) is 3.25. The first-order valence-corrected chi connectivity index (χ1v) is 6.96. The summed E-state index contributed by atoms with van der Waals surface area (Å²) < 4.78 is 4.41. The van der Waals surface area contributed by atoms with Gasteiger partial charge in [0.05, 0.1) is 13.7 Å². The molecule has 1 fully saturated rings. The van der Waals surface area contributed by atoms with Gasteiger partial charge >= 0.3 is 6.09 Å². The molecule has 1 aliphatic rings. The normalized spacial score (nSPS) is 19.2. The number of hydrogen-bond acceptors (Lipinski definition) is 5. The van der Waals surface area contributed by atoms with Gasteiger partial charge in [-0.15, -0.1) is 0 Å². The minimum atomic E-state index is -0.694. The molecule has 19 heavy (non-hydrogen) atoms. The molecule has 0 radical (unpaired) electrons. The van der Waals surface area contributed by atoms with Gasteiger partial charge in [0.1, 0.15) is 0 Å². The molecule has 2 N–H and O–H groups in total. The van der Waals surface area contributed by atoms with E-state index in [1.165, 1.54) is 20.0 Å². The lowest BCUT2D eigenvalue weighted by Gasteiger charge is -2.29. The summed E-state index contributed by atoms with van der Waals surface area (Å²) in [5.74, 6) is 0.287. The van der Waals surface area contributed by atoms with Gasteiger partial charge in [-0.05, 0) is 44.8 Å². The average Bonchev–Trinajstić information content (AvgIpc) is 2.39. The maximum Gasteiger partial charge on any atom is 0.413 e. The largest absolute Gasteiger partial charge is 0.453 e. The van der Waals surface area contributed by atoms with Crippen molar-refractivity contribution in [2.24, 2.45) is 5.92 Å². The van der Waals surface area contributed by atoms with E-state index in [0.717, 1.165) is 32.6 Å². The molecule has 1 heterocycles. The highest BCUT2D eigenvalue weighted by atomic mass is 16.5. The molecule has 1 unspecified atom stereocenters. The molecule has 6 heteroatoms. The maximum absolute atomic E-state index is 11.7. The highest BCUT2D eigenvalue weighted by Gasteiger charge is 2.19. The number of methoxy groups -OCH3 is 1. The Morgan fingerprint density at radius 2 is 2.26 bits per heavy atom. The Morgan fingerprint density at radius 3 is 2.84 bits per heavy atom. The van der Waals surface area contributed by atoms with Crippen molar-refractivity contribution in [3.63, 3.8) is 0 Å². The molecule has 1 rings (SSSR count). The minimum Gasteiger partial charge on any atom is -0.453 e. The van der Waals surface area contributed by atoms with Crippen molar-refractivity contribution in [3.8, 4) is 0 Å². The van der Waals surface area contributed by atoms with Gasteiger partial charge in [0, 0.05) is 6.54 Å². The van der Waals surface area contributed by atoms with Crippen molar-refractivity contribution < 1.29 is 14.3 Å². The van der Waals surface area contributed by atoms with E-state index in [-0.39, 0.29) is 12.5 Å². The van der Waals surface area contributed by atoms with Gasteiger partial charge in [0.15, 0.2) is 0 Å². The zero-order valence-electron chi connectivity index (χ0n) is 11.9. The smallest absolute Gasteiger partial charge is 0.413 e. The summed E-state index contributed by atoms with van der Waals surface area (Å²) in [6.45, 7) is 6.20. The van der Waals surface area contributed by atoms with Crippen molar-refractivity contribution in [1.29, 1.82) is 0 Å². The lowest BCUT2D eigenvalue weighted by Crippen LogP contribution is -2.44. The van der Waals surface area contributed by atoms with E-state index in [4.69, 9.17) is 0 Å². The van der Waals surface area contributed by atoms with E-state index < -0.39 is 6.09 Å². The predicted octanol–water partition coefficient (Wildman–Crippen LogP) is 0.581. The third-order valence-corrected chi connectivity index (χ3v) is 3.25. The molecule has 0 saturated carbocycles. The van der Waals surface area contributed by atoms with Crippen LogP contribution in [0.4, 0.5) is 4.79 Å². The van der Waals surface area contributed by atoms with Gasteiger partial charge in [-0.2, -0.15) is 0 Å². The van der Waals surface area contributed by atoms with Crippen LogP contribution in [0.3, 0.4) is 0 Å². The number of ether oxygens (including phenoxy) is 1. The fourth-order valence-electron chi connectivity index (χ4n) is 2.40. The zero-order valence-corrected chi connectivity index (χ0v) is 11.9. The lowest BCUT2D eigenvalue weighted by molar-refractivity contribution is -0.121. The molecule has 1 atom stereocenters. The predicted molar refractivity (Wildman–Crippen MR) is 72.9 cm³/mol. The molecule has 0 bridgehead atoms. The van der Waals surface area contributed by atoms with E-state index in [9.17, 15) is 9.59 Å². The summed E-state index contributed by atoms with van der Waals surface area (Å²) in [5, 5.41) is 5.57. The number of carbonyl (C=O) groups excluding carboxylic acids is 2. The van der Waals surface area contributed by atoms with Crippen LogP contribution in [0, 0.1) is 5.92 Å². The van der Waals surface area contributed by atoms with Gasteiger partial charge in [-0.3, -0.25) is 15.0 Å². The molecule has 0 aromatic carbocycles. The average molecular weight is 271 g/mol. The Bertz CT molecular complexity index is 291. The zero-order chi connectivity index (χ0) is 14.1. The van der Waals surface area contributed by atoms with Crippen LogP contribution in [0.5, 0.6) is 0 Å². The summed E-state index contributed by atoms with van der Waals surface area (Å²) >= 11 is 0. The van der Waals surface area contributed by atoms with Crippen LogP contribution in [0.1, 0.15) is 26.2 Å². The molecule has 1 aliphatic heterocycles. The van der Waals surface area contributed by atoms with Gasteiger partial charge in [0.25, 0.3) is 0 Å². The molecule has 1 saturated heterocycles. The number of piperidine rings is 1. The van der Waals surface area contributed by atoms with Crippen molar-refractivity contribution >= 4 is 12.0 Å². The van der Waals surface area contributed by atoms with Crippen LogP contribution in [0.25, 0.3) is 0 Å². The molecule has 0 aliphatic carbocycles. The molecule has 0 aromatic rings. The Hall–Kier alpha value is -1.14. The second-order valence-electron chi connectivity index (χ2n) is 4.99. The summed E-state index contributed by atoms with van der Waals surface area (Å²) in [6, 6.07) is 0. The summed E-state index contributed by atoms with van der Waals surface area (Å²) in [7, 11) is 1.25. The molecule has 0 spiro atoms. The van der Waals surface area contributed by atoms with Crippen LogP contribution in [-0.4, -0.2) is 56.7 Å². The van der Waals surface area contributed by atoms with Crippen molar-refractivity contribution in [3.05, 3.63) is 0 Å². The van der Waals surface area contributed by atoms with Crippen molar-refractivity contribution in [2.75, 3.05) is 39.8 Å². The van der Waals surface area contributed by atoms with Crippen molar-refractivity contribution in [1.82, 2.24) is 15.5 Å².